The molecule has 2 aromatic rings. The predicted molar refractivity (Wildman–Crippen MR) is 104 cm³/mol. The summed E-state index contributed by atoms with van der Waals surface area (Å²) in [5, 5.41) is 4.77. The molecule has 9 heteroatoms. The number of aromatic nitrogens is 1. The first kappa shape index (κ1) is 19.7. The van der Waals surface area contributed by atoms with Crippen LogP contribution in [0.5, 0.6) is 0 Å². The van der Waals surface area contributed by atoms with Gasteiger partial charge in [-0.15, -0.1) is 11.3 Å². The van der Waals surface area contributed by atoms with E-state index in [1.165, 1.54) is 29.2 Å². The van der Waals surface area contributed by atoms with Crippen molar-refractivity contribution in [2.45, 2.75) is 13.8 Å². The van der Waals surface area contributed by atoms with E-state index >= 15 is 0 Å². The van der Waals surface area contributed by atoms with E-state index in [9.17, 15) is 13.6 Å². The summed E-state index contributed by atoms with van der Waals surface area (Å²) in [6.07, 6.45) is 0. The third kappa shape index (κ3) is 5.45. The molecule has 1 aromatic heterocycles. The fraction of sp³-hybridized carbons (Fsp3) is 0.312. The van der Waals surface area contributed by atoms with Crippen LogP contribution in [0.3, 0.4) is 0 Å². The third-order valence-electron chi connectivity index (χ3n) is 3.31. The maximum absolute atomic E-state index is 13.3. The maximum atomic E-state index is 13.3. The van der Waals surface area contributed by atoms with Crippen molar-refractivity contribution >= 4 is 50.7 Å². The SMILES string of the molecule is CCN(CC)C(=S)SCC(=O)Nc1nc(-c2ccc(F)c(F)c2)cs1. The molecule has 0 aliphatic rings. The Morgan fingerprint density at radius 2 is 2.04 bits per heavy atom. The van der Waals surface area contributed by atoms with Crippen LogP contribution < -0.4 is 5.32 Å². The van der Waals surface area contributed by atoms with Gasteiger partial charge in [-0.3, -0.25) is 4.79 Å². The first-order valence-corrected chi connectivity index (χ1v) is 9.84. The number of thioether (sulfide) groups is 1. The third-order valence-corrected chi connectivity index (χ3v) is 5.60. The zero-order chi connectivity index (χ0) is 18.4. The number of amides is 1. The quantitative estimate of drug-likeness (QED) is 0.728. The Bertz CT molecular complexity index is 763. The van der Waals surface area contributed by atoms with E-state index in [-0.39, 0.29) is 11.7 Å². The molecule has 0 unspecified atom stereocenters. The van der Waals surface area contributed by atoms with Crippen molar-refractivity contribution in [3.05, 3.63) is 35.2 Å². The number of hydrogen-bond acceptors (Lipinski definition) is 5. The van der Waals surface area contributed by atoms with Gasteiger partial charge in [0.1, 0.15) is 4.32 Å². The Balaban J connectivity index is 1.93. The lowest BCUT2D eigenvalue weighted by atomic mass is 10.2. The summed E-state index contributed by atoms with van der Waals surface area (Å²) in [6.45, 7) is 5.61. The molecular weight excluding hydrogens is 384 g/mol. The van der Waals surface area contributed by atoms with Gasteiger partial charge in [-0.1, -0.05) is 24.0 Å². The number of rotatable bonds is 6. The summed E-state index contributed by atoms with van der Waals surface area (Å²) in [4.78, 5) is 18.2. The second kappa shape index (κ2) is 9.21. The number of thiazole rings is 1. The summed E-state index contributed by atoms with van der Waals surface area (Å²) in [7, 11) is 0. The van der Waals surface area contributed by atoms with Crippen LogP contribution in [-0.4, -0.2) is 39.0 Å². The highest BCUT2D eigenvalue weighted by atomic mass is 32.2. The lowest BCUT2D eigenvalue weighted by Gasteiger charge is -2.20. The number of anilines is 1. The molecule has 1 aromatic carbocycles. The van der Waals surface area contributed by atoms with Crippen LogP contribution >= 0.6 is 35.3 Å². The fourth-order valence-electron chi connectivity index (χ4n) is 1.97. The number of nitrogens with one attached hydrogen (secondary N) is 1. The first-order chi connectivity index (χ1) is 11.9. The molecule has 0 saturated heterocycles. The van der Waals surface area contributed by atoms with Gasteiger partial charge in [0.15, 0.2) is 16.8 Å². The molecule has 134 valence electrons. The molecule has 0 radical (unpaired) electrons. The van der Waals surface area contributed by atoms with Crippen molar-refractivity contribution in [2.24, 2.45) is 0 Å². The molecule has 0 atom stereocenters. The number of nitrogens with zero attached hydrogens (tertiary/aromatic N) is 2. The molecule has 4 nitrogen and oxygen atoms in total. The monoisotopic (exact) mass is 401 g/mol. The molecule has 0 saturated carbocycles. The minimum absolute atomic E-state index is 0.190. The van der Waals surface area contributed by atoms with Crippen molar-refractivity contribution in [3.63, 3.8) is 0 Å². The van der Waals surface area contributed by atoms with Crippen LogP contribution in [0, 0.1) is 11.6 Å². The highest BCUT2D eigenvalue weighted by molar-refractivity contribution is 8.23. The molecule has 0 fully saturated rings. The molecule has 2 rings (SSSR count). The van der Waals surface area contributed by atoms with Crippen molar-refractivity contribution in [2.75, 3.05) is 24.2 Å². The molecule has 1 amide bonds. The van der Waals surface area contributed by atoms with Gasteiger partial charge in [0.25, 0.3) is 0 Å². The normalized spacial score (nSPS) is 10.6. The molecule has 0 aliphatic heterocycles. The van der Waals surface area contributed by atoms with Crippen LogP contribution in [0.2, 0.25) is 0 Å². The molecular formula is C16H17F2N3OS3. The lowest BCUT2D eigenvalue weighted by Crippen LogP contribution is -2.28. The van der Waals surface area contributed by atoms with Gasteiger partial charge >= 0.3 is 0 Å². The van der Waals surface area contributed by atoms with E-state index in [0.29, 0.717) is 20.7 Å². The number of hydrogen-bond donors (Lipinski definition) is 1. The molecule has 1 N–H and O–H groups in total. The zero-order valence-corrected chi connectivity index (χ0v) is 16.2. The molecule has 0 bridgehead atoms. The molecule has 25 heavy (non-hydrogen) atoms. The average molecular weight is 402 g/mol. The summed E-state index contributed by atoms with van der Waals surface area (Å²) in [5.41, 5.74) is 0.929. The smallest absolute Gasteiger partial charge is 0.236 e. The van der Waals surface area contributed by atoms with E-state index in [0.717, 1.165) is 25.2 Å². The second-order valence-corrected chi connectivity index (χ2v) is 7.41. The standard InChI is InChI=1S/C16H17F2N3OS3/c1-3-21(4-2)16(23)25-9-14(22)20-15-19-13(8-24-15)10-5-6-11(17)12(18)7-10/h5-8H,3-4,9H2,1-2H3,(H,19,20,22). The van der Waals surface area contributed by atoms with Gasteiger partial charge in [0.05, 0.1) is 11.4 Å². The van der Waals surface area contributed by atoms with Crippen LogP contribution in [0.25, 0.3) is 11.3 Å². The van der Waals surface area contributed by atoms with E-state index in [1.54, 1.807) is 5.38 Å². The Hall–Kier alpha value is -1.58. The summed E-state index contributed by atoms with van der Waals surface area (Å²) in [5.74, 6) is -1.87. The minimum atomic E-state index is -0.933. The fourth-order valence-corrected chi connectivity index (χ4v) is 3.91. The molecule has 0 spiro atoms. The molecule has 0 aliphatic carbocycles. The second-order valence-electron chi connectivity index (χ2n) is 4.94. The Morgan fingerprint density at radius 1 is 1.32 bits per heavy atom. The summed E-state index contributed by atoms with van der Waals surface area (Å²) < 4.78 is 27.0. The van der Waals surface area contributed by atoms with Gasteiger partial charge in [-0.2, -0.15) is 0 Å². The van der Waals surface area contributed by atoms with E-state index in [4.69, 9.17) is 12.2 Å². The zero-order valence-electron chi connectivity index (χ0n) is 13.7. The van der Waals surface area contributed by atoms with Crippen LogP contribution in [0.1, 0.15) is 13.8 Å². The average Bonchev–Trinajstić information content (AvgIpc) is 3.05. The number of benzene rings is 1. The lowest BCUT2D eigenvalue weighted by molar-refractivity contribution is -0.113. The summed E-state index contributed by atoms with van der Waals surface area (Å²) >= 11 is 7.80. The largest absolute Gasteiger partial charge is 0.358 e. The molecule has 1 heterocycles. The maximum Gasteiger partial charge on any atom is 0.236 e. The number of carbonyl (C=O) groups is 1. The van der Waals surface area contributed by atoms with E-state index in [1.807, 2.05) is 18.7 Å². The highest BCUT2D eigenvalue weighted by Crippen LogP contribution is 2.26. The number of halogens is 2. The van der Waals surface area contributed by atoms with Gasteiger partial charge in [-0.25, -0.2) is 13.8 Å². The van der Waals surface area contributed by atoms with Crippen molar-refractivity contribution in [3.8, 4) is 11.3 Å². The topological polar surface area (TPSA) is 45.2 Å². The van der Waals surface area contributed by atoms with E-state index in [2.05, 4.69) is 10.3 Å². The van der Waals surface area contributed by atoms with Gasteiger partial charge in [0, 0.05) is 24.0 Å². The highest BCUT2D eigenvalue weighted by Gasteiger charge is 2.12. The van der Waals surface area contributed by atoms with Gasteiger partial charge in [-0.05, 0) is 32.0 Å². The first-order valence-electron chi connectivity index (χ1n) is 7.57. The van der Waals surface area contributed by atoms with Crippen molar-refractivity contribution < 1.29 is 13.6 Å². The number of thiocarbonyl (C=S) groups is 1. The van der Waals surface area contributed by atoms with Gasteiger partial charge in [0.2, 0.25) is 5.91 Å². The van der Waals surface area contributed by atoms with Crippen LogP contribution in [0.15, 0.2) is 23.6 Å². The van der Waals surface area contributed by atoms with Crippen molar-refractivity contribution in [1.29, 1.82) is 0 Å². The predicted octanol–water partition coefficient (Wildman–Crippen LogP) is 4.39. The van der Waals surface area contributed by atoms with Crippen LogP contribution in [0.4, 0.5) is 13.9 Å². The Labute approximate surface area is 158 Å². The van der Waals surface area contributed by atoms with E-state index < -0.39 is 11.6 Å². The van der Waals surface area contributed by atoms with Crippen LogP contribution in [-0.2, 0) is 4.79 Å². The van der Waals surface area contributed by atoms with Crippen molar-refractivity contribution in [1.82, 2.24) is 9.88 Å². The summed E-state index contributed by atoms with van der Waals surface area (Å²) in [6, 6.07) is 3.57. The Kier molecular flexibility index (Phi) is 7.27. The minimum Gasteiger partial charge on any atom is -0.358 e. The van der Waals surface area contributed by atoms with Gasteiger partial charge < -0.3 is 10.2 Å². The Morgan fingerprint density at radius 3 is 2.68 bits per heavy atom. The number of carbonyl (C=O) groups excluding carboxylic acids is 1.